The Morgan fingerprint density at radius 1 is 0.880 bits per heavy atom. The normalized spacial score (nSPS) is 12.6. The van der Waals surface area contributed by atoms with Gasteiger partial charge in [0.1, 0.15) is 5.60 Å². The van der Waals surface area contributed by atoms with Crippen molar-refractivity contribution in [3.8, 4) is 0 Å². The summed E-state index contributed by atoms with van der Waals surface area (Å²) < 4.78 is 10.4. The summed E-state index contributed by atoms with van der Waals surface area (Å²) in [6, 6.07) is 18.5. The summed E-state index contributed by atoms with van der Waals surface area (Å²) >= 11 is 0. The van der Waals surface area contributed by atoms with Crippen LogP contribution in [0.3, 0.4) is 0 Å². The Morgan fingerprint density at radius 2 is 1.36 bits per heavy atom. The standard InChI is InChI=1S/C21H22O4/c1-21(2,3)25-20(23)24-19(15-17-12-8-5-9-13-17)18(22)14-16-10-6-4-7-11-16/h4-15,22H,1-3H3. The molecule has 0 heterocycles. The Kier molecular flexibility index (Phi) is 6.01. The van der Waals surface area contributed by atoms with Crippen molar-refractivity contribution in [2.75, 3.05) is 0 Å². The lowest BCUT2D eigenvalue weighted by molar-refractivity contribution is 0.00604. The maximum atomic E-state index is 12.0. The fraction of sp³-hybridized carbons (Fsp3) is 0.190. The smallest absolute Gasteiger partial charge is 0.504 e. The van der Waals surface area contributed by atoms with Gasteiger partial charge in [0, 0.05) is 0 Å². The molecule has 0 aliphatic rings. The van der Waals surface area contributed by atoms with Gasteiger partial charge in [-0.05, 0) is 44.1 Å². The van der Waals surface area contributed by atoms with E-state index in [1.54, 1.807) is 26.8 Å². The van der Waals surface area contributed by atoms with Gasteiger partial charge >= 0.3 is 6.16 Å². The largest absolute Gasteiger partial charge is 0.514 e. The van der Waals surface area contributed by atoms with E-state index in [0.717, 1.165) is 11.1 Å². The van der Waals surface area contributed by atoms with Crippen molar-refractivity contribution >= 4 is 18.3 Å². The number of aliphatic hydroxyl groups is 1. The van der Waals surface area contributed by atoms with Crippen LogP contribution < -0.4 is 0 Å². The zero-order valence-electron chi connectivity index (χ0n) is 14.6. The molecule has 0 amide bonds. The van der Waals surface area contributed by atoms with Crippen LogP contribution in [0.2, 0.25) is 0 Å². The fourth-order valence-corrected chi connectivity index (χ4v) is 2.00. The van der Waals surface area contributed by atoms with E-state index in [-0.39, 0.29) is 11.5 Å². The molecular weight excluding hydrogens is 316 g/mol. The number of aliphatic hydroxyl groups excluding tert-OH is 1. The number of carbonyl (C=O) groups is 1. The van der Waals surface area contributed by atoms with Crippen molar-refractivity contribution in [1.29, 1.82) is 0 Å². The van der Waals surface area contributed by atoms with Crippen LogP contribution in [0.4, 0.5) is 4.79 Å². The Morgan fingerprint density at radius 3 is 1.84 bits per heavy atom. The van der Waals surface area contributed by atoms with Crippen LogP contribution >= 0.6 is 0 Å². The molecule has 0 saturated heterocycles. The molecule has 0 fully saturated rings. The summed E-state index contributed by atoms with van der Waals surface area (Å²) in [4.78, 5) is 12.0. The number of hydrogen-bond acceptors (Lipinski definition) is 4. The lowest BCUT2D eigenvalue weighted by Crippen LogP contribution is -2.24. The summed E-state index contributed by atoms with van der Waals surface area (Å²) in [5, 5.41) is 10.4. The molecule has 2 aromatic carbocycles. The van der Waals surface area contributed by atoms with E-state index in [4.69, 9.17) is 9.47 Å². The van der Waals surface area contributed by atoms with E-state index in [0.29, 0.717) is 0 Å². The quantitative estimate of drug-likeness (QED) is 0.449. The molecule has 1 N–H and O–H groups in total. The highest BCUT2D eigenvalue weighted by Gasteiger charge is 2.20. The second kappa shape index (κ2) is 8.20. The highest BCUT2D eigenvalue weighted by molar-refractivity contribution is 5.69. The number of ether oxygens (including phenoxy) is 2. The topological polar surface area (TPSA) is 55.8 Å². The molecule has 2 aromatic rings. The Hall–Kier alpha value is -3.01. The molecule has 130 valence electrons. The van der Waals surface area contributed by atoms with E-state index in [2.05, 4.69) is 0 Å². The summed E-state index contributed by atoms with van der Waals surface area (Å²) in [5.74, 6) is -0.148. The van der Waals surface area contributed by atoms with Crippen LogP contribution in [-0.4, -0.2) is 16.9 Å². The first-order valence-electron chi connectivity index (χ1n) is 7.97. The van der Waals surface area contributed by atoms with Gasteiger partial charge in [0.15, 0.2) is 11.5 Å². The fourth-order valence-electron chi connectivity index (χ4n) is 2.00. The zero-order valence-corrected chi connectivity index (χ0v) is 14.6. The molecule has 0 bridgehead atoms. The van der Waals surface area contributed by atoms with Crippen molar-refractivity contribution < 1.29 is 19.4 Å². The molecular formula is C21H22O4. The third kappa shape index (κ3) is 6.55. The molecule has 25 heavy (non-hydrogen) atoms. The molecule has 4 nitrogen and oxygen atoms in total. The second-order valence-corrected chi connectivity index (χ2v) is 6.43. The number of carbonyl (C=O) groups excluding carboxylic acids is 1. The molecule has 2 rings (SSSR count). The van der Waals surface area contributed by atoms with Crippen LogP contribution in [0.25, 0.3) is 12.2 Å². The zero-order chi connectivity index (χ0) is 18.3. The summed E-state index contributed by atoms with van der Waals surface area (Å²) in [6.45, 7) is 5.23. The van der Waals surface area contributed by atoms with Gasteiger partial charge in [0.2, 0.25) is 0 Å². The molecule has 0 aliphatic carbocycles. The average Bonchev–Trinajstić information content (AvgIpc) is 2.54. The SMILES string of the molecule is CC(C)(C)OC(=O)OC(=Cc1ccccc1)C(O)=Cc1ccccc1. The Balaban J connectivity index is 2.30. The van der Waals surface area contributed by atoms with Crippen LogP contribution in [-0.2, 0) is 9.47 Å². The van der Waals surface area contributed by atoms with Crippen molar-refractivity contribution in [2.24, 2.45) is 0 Å². The van der Waals surface area contributed by atoms with Crippen LogP contribution in [0.15, 0.2) is 72.2 Å². The number of hydrogen-bond donors (Lipinski definition) is 1. The number of rotatable bonds is 4. The first-order chi connectivity index (χ1) is 11.8. The van der Waals surface area contributed by atoms with Gasteiger partial charge in [-0.1, -0.05) is 60.7 Å². The highest BCUT2D eigenvalue weighted by atomic mass is 16.7. The first kappa shape index (κ1) is 18.3. The minimum atomic E-state index is -0.873. The molecule has 0 unspecified atom stereocenters. The highest BCUT2D eigenvalue weighted by Crippen LogP contribution is 2.19. The van der Waals surface area contributed by atoms with Crippen LogP contribution in [0.5, 0.6) is 0 Å². The minimum Gasteiger partial charge on any atom is -0.504 e. The molecule has 0 radical (unpaired) electrons. The molecule has 0 spiro atoms. The van der Waals surface area contributed by atoms with Crippen molar-refractivity contribution in [3.05, 3.63) is 83.3 Å². The monoisotopic (exact) mass is 338 g/mol. The molecule has 0 atom stereocenters. The Labute approximate surface area is 148 Å². The maximum Gasteiger partial charge on any atom is 0.514 e. The molecule has 0 aliphatic heterocycles. The predicted octanol–water partition coefficient (Wildman–Crippen LogP) is 5.58. The predicted molar refractivity (Wildman–Crippen MR) is 98.8 cm³/mol. The molecule has 0 aromatic heterocycles. The molecule has 4 heteroatoms. The molecule has 0 saturated carbocycles. The van der Waals surface area contributed by atoms with E-state index >= 15 is 0 Å². The van der Waals surface area contributed by atoms with Gasteiger partial charge in [-0.15, -0.1) is 0 Å². The minimum absolute atomic E-state index is 0.0179. The third-order valence-electron chi connectivity index (χ3n) is 3.04. The third-order valence-corrected chi connectivity index (χ3v) is 3.04. The van der Waals surface area contributed by atoms with E-state index in [1.165, 1.54) is 6.08 Å². The van der Waals surface area contributed by atoms with Crippen LogP contribution in [0.1, 0.15) is 31.9 Å². The van der Waals surface area contributed by atoms with Gasteiger partial charge in [-0.2, -0.15) is 0 Å². The average molecular weight is 338 g/mol. The van der Waals surface area contributed by atoms with Crippen molar-refractivity contribution in [3.63, 3.8) is 0 Å². The van der Waals surface area contributed by atoms with Gasteiger partial charge in [-0.3, -0.25) is 0 Å². The maximum absolute atomic E-state index is 12.0. The first-order valence-corrected chi connectivity index (χ1v) is 7.97. The van der Waals surface area contributed by atoms with E-state index in [9.17, 15) is 9.90 Å². The van der Waals surface area contributed by atoms with Gasteiger partial charge in [0.25, 0.3) is 0 Å². The van der Waals surface area contributed by atoms with Crippen molar-refractivity contribution in [1.82, 2.24) is 0 Å². The van der Waals surface area contributed by atoms with Crippen LogP contribution in [0, 0.1) is 0 Å². The lowest BCUT2D eigenvalue weighted by atomic mass is 10.1. The summed E-state index contributed by atoms with van der Waals surface area (Å²) in [5.41, 5.74) is 0.883. The van der Waals surface area contributed by atoms with Gasteiger partial charge in [-0.25, -0.2) is 4.79 Å². The lowest BCUT2D eigenvalue weighted by Gasteiger charge is -2.19. The summed E-state index contributed by atoms with van der Waals surface area (Å²) in [7, 11) is 0. The number of benzene rings is 2. The van der Waals surface area contributed by atoms with E-state index in [1.807, 2.05) is 60.7 Å². The van der Waals surface area contributed by atoms with E-state index < -0.39 is 11.8 Å². The Bertz CT molecular complexity index is 753. The van der Waals surface area contributed by atoms with Gasteiger partial charge < -0.3 is 14.6 Å². The van der Waals surface area contributed by atoms with Gasteiger partial charge in [0.05, 0.1) is 0 Å². The van der Waals surface area contributed by atoms with Crippen molar-refractivity contribution in [2.45, 2.75) is 26.4 Å². The second-order valence-electron chi connectivity index (χ2n) is 6.43. The summed E-state index contributed by atoms with van der Waals surface area (Å²) in [6.07, 6.45) is 2.24.